The first kappa shape index (κ1) is 23.7. The lowest BCUT2D eigenvalue weighted by Crippen LogP contribution is -2.25. The second-order valence-electron chi connectivity index (χ2n) is 7.04. The number of hydrogen-bond acceptors (Lipinski definition) is 2. The lowest BCUT2D eigenvalue weighted by Gasteiger charge is -2.20. The molecule has 25 heavy (non-hydrogen) atoms. The lowest BCUT2D eigenvalue weighted by atomic mass is 9.84. The highest BCUT2D eigenvalue weighted by molar-refractivity contribution is 5.78. The largest absolute Gasteiger partial charge is 0.481 e. The number of carbonyl (C=O) groups is 2. The molecule has 0 spiro atoms. The van der Waals surface area contributed by atoms with Crippen LogP contribution >= 0.6 is 0 Å². The van der Waals surface area contributed by atoms with Crippen LogP contribution in [0.1, 0.15) is 97.3 Å². The third kappa shape index (κ3) is 13.6. The molecule has 0 fully saturated rings. The smallest absolute Gasteiger partial charge is 0.307 e. The van der Waals surface area contributed by atoms with Gasteiger partial charge in [-0.05, 0) is 25.2 Å². The Morgan fingerprint density at radius 3 is 1.96 bits per heavy atom. The minimum Gasteiger partial charge on any atom is -0.481 e. The number of hydrogen-bond donors (Lipinski definition) is 2. The minimum absolute atomic E-state index is 0.175. The topological polar surface area (TPSA) is 74.6 Å². The SMILES string of the molecule is CCCCCCCC/C=C/C(CCCCCC)C(CC(=O)O)C(=O)O. The van der Waals surface area contributed by atoms with E-state index in [0.29, 0.717) is 0 Å². The second kappa shape index (κ2) is 16.2. The maximum absolute atomic E-state index is 11.5. The number of rotatable bonds is 17. The Bertz CT molecular complexity index is 376. The van der Waals surface area contributed by atoms with Crippen molar-refractivity contribution in [2.24, 2.45) is 11.8 Å². The Kier molecular flexibility index (Phi) is 15.3. The van der Waals surface area contributed by atoms with Gasteiger partial charge in [0.25, 0.3) is 0 Å². The summed E-state index contributed by atoms with van der Waals surface area (Å²) in [6, 6.07) is 0. The van der Waals surface area contributed by atoms with Crippen molar-refractivity contribution in [1.82, 2.24) is 0 Å². The quantitative estimate of drug-likeness (QED) is 0.246. The molecule has 0 aliphatic heterocycles. The normalized spacial score (nSPS) is 13.8. The summed E-state index contributed by atoms with van der Waals surface area (Å²) >= 11 is 0. The molecule has 0 aliphatic rings. The molecule has 0 rings (SSSR count). The van der Waals surface area contributed by atoms with E-state index in [1.165, 1.54) is 32.1 Å². The van der Waals surface area contributed by atoms with Gasteiger partial charge in [-0.1, -0.05) is 83.8 Å². The molecule has 0 aliphatic carbocycles. The maximum Gasteiger partial charge on any atom is 0.307 e. The first-order valence-electron chi connectivity index (χ1n) is 10.1. The van der Waals surface area contributed by atoms with Crippen LogP contribution in [0.15, 0.2) is 12.2 Å². The predicted molar refractivity (Wildman–Crippen MR) is 103 cm³/mol. The average molecular weight is 355 g/mol. The van der Waals surface area contributed by atoms with E-state index in [9.17, 15) is 14.7 Å². The first-order valence-corrected chi connectivity index (χ1v) is 10.1. The van der Waals surface area contributed by atoms with E-state index in [2.05, 4.69) is 19.9 Å². The van der Waals surface area contributed by atoms with E-state index < -0.39 is 17.9 Å². The molecular weight excluding hydrogens is 316 g/mol. The van der Waals surface area contributed by atoms with Crippen molar-refractivity contribution in [3.05, 3.63) is 12.2 Å². The molecule has 0 heterocycles. The summed E-state index contributed by atoms with van der Waals surface area (Å²) in [7, 11) is 0. The molecule has 0 radical (unpaired) electrons. The van der Waals surface area contributed by atoms with Gasteiger partial charge in [0, 0.05) is 0 Å². The zero-order chi connectivity index (χ0) is 18.9. The van der Waals surface area contributed by atoms with Crippen LogP contribution in [0, 0.1) is 11.8 Å². The number of allylic oxidation sites excluding steroid dienone is 2. The molecule has 0 saturated carbocycles. The van der Waals surface area contributed by atoms with Gasteiger partial charge >= 0.3 is 11.9 Å². The van der Waals surface area contributed by atoms with Crippen LogP contribution in [0.2, 0.25) is 0 Å². The van der Waals surface area contributed by atoms with E-state index >= 15 is 0 Å². The zero-order valence-corrected chi connectivity index (χ0v) is 16.2. The zero-order valence-electron chi connectivity index (χ0n) is 16.2. The van der Waals surface area contributed by atoms with Crippen molar-refractivity contribution in [2.45, 2.75) is 97.3 Å². The van der Waals surface area contributed by atoms with E-state index in [1.54, 1.807) is 0 Å². The van der Waals surface area contributed by atoms with Crippen LogP contribution in [0.5, 0.6) is 0 Å². The van der Waals surface area contributed by atoms with Gasteiger partial charge in [-0.25, -0.2) is 0 Å². The number of carboxylic acids is 2. The standard InChI is InChI=1S/C21H38O4/c1-3-5-7-9-10-11-12-14-16-18(15-13-8-6-4-2)19(21(24)25)17-20(22)23/h14,16,18-19H,3-13,15,17H2,1-2H3,(H,22,23)(H,24,25)/b16-14+. The maximum atomic E-state index is 11.5. The second-order valence-corrected chi connectivity index (χ2v) is 7.04. The Balaban J connectivity index is 4.46. The molecule has 0 aromatic rings. The number of unbranched alkanes of at least 4 members (excludes halogenated alkanes) is 9. The highest BCUT2D eigenvalue weighted by Crippen LogP contribution is 2.25. The summed E-state index contributed by atoms with van der Waals surface area (Å²) < 4.78 is 0. The van der Waals surface area contributed by atoms with Crippen LogP contribution in [-0.2, 0) is 9.59 Å². The molecule has 0 bridgehead atoms. The van der Waals surface area contributed by atoms with Gasteiger partial charge in [0.2, 0.25) is 0 Å². The van der Waals surface area contributed by atoms with Crippen LogP contribution < -0.4 is 0 Å². The summed E-state index contributed by atoms with van der Waals surface area (Å²) in [5.41, 5.74) is 0. The molecule has 0 aromatic carbocycles. The summed E-state index contributed by atoms with van der Waals surface area (Å²) in [4.78, 5) is 22.5. The minimum atomic E-state index is -1.03. The molecule has 4 heteroatoms. The van der Waals surface area contributed by atoms with E-state index in [4.69, 9.17) is 5.11 Å². The molecule has 146 valence electrons. The summed E-state index contributed by atoms with van der Waals surface area (Å²) in [6.45, 7) is 4.35. The molecular formula is C21H38O4. The molecule has 2 N–H and O–H groups in total. The first-order chi connectivity index (χ1) is 12.0. The van der Waals surface area contributed by atoms with Crippen LogP contribution in [0.4, 0.5) is 0 Å². The Morgan fingerprint density at radius 1 is 0.840 bits per heavy atom. The van der Waals surface area contributed by atoms with Gasteiger partial charge in [0.15, 0.2) is 0 Å². The molecule has 2 atom stereocenters. The van der Waals surface area contributed by atoms with Crippen molar-refractivity contribution in [3.63, 3.8) is 0 Å². The summed E-state index contributed by atoms with van der Waals surface area (Å²) in [5, 5.41) is 18.4. The molecule has 0 aromatic heterocycles. The number of carboxylic acid groups (broad SMARTS) is 2. The fourth-order valence-corrected chi connectivity index (χ4v) is 3.16. The Labute approximate surface area is 153 Å². The van der Waals surface area contributed by atoms with Crippen LogP contribution in [0.25, 0.3) is 0 Å². The fraction of sp³-hybridized carbons (Fsp3) is 0.810. The highest BCUT2D eigenvalue weighted by atomic mass is 16.4. The van der Waals surface area contributed by atoms with Crippen LogP contribution in [0.3, 0.4) is 0 Å². The van der Waals surface area contributed by atoms with Gasteiger partial charge in [-0.2, -0.15) is 0 Å². The molecule has 0 amide bonds. The van der Waals surface area contributed by atoms with Crippen molar-refractivity contribution in [3.8, 4) is 0 Å². The van der Waals surface area contributed by atoms with Gasteiger partial charge in [-0.15, -0.1) is 0 Å². The van der Waals surface area contributed by atoms with Gasteiger partial charge in [-0.3, -0.25) is 9.59 Å². The van der Waals surface area contributed by atoms with Gasteiger partial charge in [0.1, 0.15) is 0 Å². The fourth-order valence-electron chi connectivity index (χ4n) is 3.16. The predicted octanol–water partition coefficient (Wildman–Crippen LogP) is 6.06. The van der Waals surface area contributed by atoms with Crippen molar-refractivity contribution < 1.29 is 19.8 Å². The monoisotopic (exact) mass is 354 g/mol. The lowest BCUT2D eigenvalue weighted by molar-refractivity contribution is -0.149. The van der Waals surface area contributed by atoms with Crippen molar-refractivity contribution in [2.75, 3.05) is 0 Å². The highest BCUT2D eigenvalue weighted by Gasteiger charge is 2.28. The van der Waals surface area contributed by atoms with Crippen molar-refractivity contribution >= 4 is 11.9 Å². The van der Waals surface area contributed by atoms with Crippen molar-refractivity contribution in [1.29, 1.82) is 0 Å². The Hall–Kier alpha value is -1.32. The number of aliphatic carboxylic acids is 2. The van der Waals surface area contributed by atoms with E-state index in [0.717, 1.165) is 44.9 Å². The molecule has 4 nitrogen and oxygen atoms in total. The summed E-state index contributed by atoms with van der Waals surface area (Å²) in [5.74, 6) is -3.02. The average Bonchev–Trinajstić information content (AvgIpc) is 2.57. The summed E-state index contributed by atoms with van der Waals surface area (Å²) in [6.07, 6.45) is 17.2. The Morgan fingerprint density at radius 2 is 1.40 bits per heavy atom. The third-order valence-electron chi connectivity index (χ3n) is 4.73. The van der Waals surface area contributed by atoms with Gasteiger partial charge in [0.05, 0.1) is 12.3 Å². The van der Waals surface area contributed by atoms with Crippen LogP contribution in [-0.4, -0.2) is 22.2 Å². The third-order valence-corrected chi connectivity index (χ3v) is 4.73. The van der Waals surface area contributed by atoms with E-state index in [-0.39, 0.29) is 12.3 Å². The molecule has 0 saturated heterocycles. The molecule has 2 unspecified atom stereocenters. The van der Waals surface area contributed by atoms with E-state index in [1.807, 2.05) is 6.08 Å². The van der Waals surface area contributed by atoms with Gasteiger partial charge < -0.3 is 10.2 Å².